The fourth-order valence-corrected chi connectivity index (χ4v) is 4.19. The first-order valence-corrected chi connectivity index (χ1v) is 10.8. The van der Waals surface area contributed by atoms with Crippen molar-refractivity contribution < 1.29 is 14.3 Å². The number of esters is 1. The van der Waals surface area contributed by atoms with Gasteiger partial charge in [-0.1, -0.05) is 11.8 Å². The Morgan fingerprint density at radius 1 is 1.18 bits per heavy atom. The summed E-state index contributed by atoms with van der Waals surface area (Å²) in [6, 6.07) is 0.369. The maximum absolute atomic E-state index is 12.5. The third-order valence-corrected chi connectivity index (χ3v) is 5.91. The normalized spacial score (nSPS) is 19.8. The topological polar surface area (TPSA) is 89.7 Å². The zero-order valence-electron chi connectivity index (χ0n) is 17.1. The van der Waals surface area contributed by atoms with Crippen LogP contribution in [0.1, 0.15) is 50.1 Å². The smallest absolute Gasteiger partial charge is 0.310 e. The first kappa shape index (κ1) is 20.6. The zero-order valence-corrected chi connectivity index (χ0v) is 17.9. The van der Waals surface area contributed by atoms with Crippen molar-refractivity contribution in [1.82, 2.24) is 24.5 Å². The molecule has 2 atom stereocenters. The standard InChI is InChI=1S/C19H27N5O3S/c1-11-7-6-8-12(2)23(11)16(25)10-27-17(26)9-15-13(3)20-18-21-19(28-5)22-24(18)14(15)4/h11-12H,6-10H2,1-5H3/t11-,12-/m1/s1. The Morgan fingerprint density at radius 3 is 2.50 bits per heavy atom. The molecule has 1 fully saturated rings. The van der Waals surface area contributed by atoms with Crippen molar-refractivity contribution in [1.29, 1.82) is 0 Å². The van der Waals surface area contributed by atoms with Crippen molar-refractivity contribution in [3.63, 3.8) is 0 Å². The van der Waals surface area contributed by atoms with Crippen LogP contribution in [0.2, 0.25) is 0 Å². The monoisotopic (exact) mass is 405 g/mol. The molecule has 8 nitrogen and oxygen atoms in total. The largest absolute Gasteiger partial charge is 0.455 e. The highest BCUT2D eigenvalue weighted by Gasteiger charge is 2.29. The third kappa shape index (κ3) is 4.14. The minimum atomic E-state index is -0.441. The lowest BCUT2D eigenvalue weighted by molar-refractivity contribution is -0.154. The number of hydrogen-bond donors (Lipinski definition) is 0. The Hall–Kier alpha value is -2.16. The second-order valence-electron chi connectivity index (χ2n) is 7.34. The lowest BCUT2D eigenvalue weighted by Gasteiger charge is -2.38. The number of amides is 1. The van der Waals surface area contributed by atoms with Gasteiger partial charge in [-0.3, -0.25) is 9.59 Å². The summed E-state index contributed by atoms with van der Waals surface area (Å²) in [5, 5.41) is 5.01. The predicted octanol–water partition coefficient (Wildman–Crippen LogP) is 2.34. The number of likely N-dealkylation sites (tertiary alicyclic amines) is 1. The molecular formula is C19H27N5O3S. The average Bonchev–Trinajstić information content (AvgIpc) is 3.06. The highest BCUT2D eigenvalue weighted by molar-refractivity contribution is 7.98. The Kier molecular flexibility index (Phi) is 6.22. The number of rotatable bonds is 5. The number of aromatic nitrogens is 4. The summed E-state index contributed by atoms with van der Waals surface area (Å²) in [6.45, 7) is 7.59. The SMILES string of the molecule is CSc1nc2nc(C)c(CC(=O)OCC(=O)N3[C@H](C)CCC[C@H]3C)c(C)n2n1. The first-order valence-electron chi connectivity index (χ1n) is 9.55. The molecular weight excluding hydrogens is 378 g/mol. The predicted molar refractivity (Wildman–Crippen MR) is 106 cm³/mol. The molecule has 2 aromatic rings. The number of carbonyl (C=O) groups excluding carboxylic acids is 2. The van der Waals surface area contributed by atoms with Gasteiger partial charge in [0.25, 0.3) is 11.7 Å². The van der Waals surface area contributed by atoms with E-state index < -0.39 is 5.97 Å². The van der Waals surface area contributed by atoms with Crippen LogP contribution >= 0.6 is 11.8 Å². The van der Waals surface area contributed by atoms with Crippen LogP contribution < -0.4 is 0 Å². The van der Waals surface area contributed by atoms with Gasteiger partial charge in [-0.05, 0) is 53.2 Å². The molecule has 0 aromatic carbocycles. The van der Waals surface area contributed by atoms with Crippen LogP contribution in [0.5, 0.6) is 0 Å². The fraction of sp³-hybridized carbons (Fsp3) is 0.632. The summed E-state index contributed by atoms with van der Waals surface area (Å²) in [7, 11) is 0. The van der Waals surface area contributed by atoms with E-state index in [4.69, 9.17) is 4.74 Å². The number of aryl methyl sites for hydroxylation is 2. The van der Waals surface area contributed by atoms with E-state index in [2.05, 4.69) is 15.1 Å². The van der Waals surface area contributed by atoms with Crippen LogP contribution in [0.25, 0.3) is 5.78 Å². The second kappa shape index (κ2) is 8.46. The average molecular weight is 406 g/mol. The Labute approximate surface area is 169 Å². The third-order valence-electron chi connectivity index (χ3n) is 5.37. The molecule has 1 aliphatic heterocycles. The molecule has 0 spiro atoms. The van der Waals surface area contributed by atoms with Crippen molar-refractivity contribution >= 4 is 29.4 Å². The molecule has 1 aliphatic rings. The molecule has 0 unspecified atom stereocenters. The van der Waals surface area contributed by atoms with Crippen LogP contribution in [-0.4, -0.2) is 61.3 Å². The molecule has 0 aliphatic carbocycles. The Bertz CT molecular complexity index is 887. The van der Waals surface area contributed by atoms with Gasteiger partial charge in [-0.2, -0.15) is 4.98 Å². The molecule has 3 rings (SSSR count). The Morgan fingerprint density at radius 2 is 1.86 bits per heavy atom. The van der Waals surface area contributed by atoms with Gasteiger partial charge >= 0.3 is 5.97 Å². The van der Waals surface area contributed by atoms with Gasteiger partial charge in [0.1, 0.15) is 0 Å². The fourth-order valence-electron chi connectivity index (χ4n) is 3.86. The molecule has 0 N–H and O–H groups in total. The van der Waals surface area contributed by atoms with E-state index in [0.717, 1.165) is 30.5 Å². The maximum Gasteiger partial charge on any atom is 0.310 e. The number of thioether (sulfide) groups is 1. The minimum Gasteiger partial charge on any atom is -0.455 e. The molecule has 28 heavy (non-hydrogen) atoms. The van der Waals surface area contributed by atoms with Gasteiger partial charge < -0.3 is 9.64 Å². The molecule has 2 aromatic heterocycles. The van der Waals surface area contributed by atoms with Gasteiger partial charge in [0.15, 0.2) is 6.61 Å². The summed E-state index contributed by atoms with van der Waals surface area (Å²) in [6.07, 6.45) is 5.05. The van der Waals surface area contributed by atoms with Crippen LogP contribution in [-0.2, 0) is 20.7 Å². The first-order chi connectivity index (χ1) is 13.3. The van der Waals surface area contributed by atoms with Crippen LogP contribution in [0.3, 0.4) is 0 Å². The number of ether oxygens (including phenoxy) is 1. The van der Waals surface area contributed by atoms with Crippen molar-refractivity contribution in [3.8, 4) is 0 Å². The number of carbonyl (C=O) groups is 2. The van der Waals surface area contributed by atoms with Crippen LogP contribution in [0, 0.1) is 13.8 Å². The summed E-state index contributed by atoms with van der Waals surface area (Å²) >= 11 is 1.44. The summed E-state index contributed by atoms with van der Waals surface area (Å²) in [4.78, 5) is 35.5. The molecule has 0 radical (unpaired) electrons. The number of nitrogens with zero attached hydrogens (tertiary/aromatic N) is 5. The van der Waals surface area contributed by atoms with Gasteiger partial charge in [-0.25, -0.2) is 9.50 Å². The van der Waals surface area contributed by atoms with E-state index in [1.165, 1.54) is 11.8 Å². The molecule has 152 valence electrons. The molecule has 9 heteroatoms. The van der Waals surface area contributed by atoms with Gasteiger partial charge in [-0.15, -0.1) is 5.10 Å². The lowest BCUT2D eigenvalue weighted by atomic mass is 9.97. The second-order valence-corrected chi connectivity index (χ2v) is 8.11. The van der Waals surface area contributed by atoms with Crippen LogP contribution in [0.4, 0.5) is 0 Å². The van der Waals surface area contributed by atoms with Crippen molar-refractivity contribution in [2.24, 2.45) is 0 Å². The number of fused-ring (bicyclic) bond motifs is 1. The maximum atomic E-state index is 12.5. The van der Waals surface area contributed by atoms with E-state index in [-0.39, 0.29) is 31.0 Å². The highest BCUT2D eigenvalue weighted by atomic mass is 32.2. The number of piperidine rings is 1. The van der Waals surface area contributed by atoms with Crippen molar-refractivity contribution in [3.05, 3.63) is 17.0 Å². The molecule has 0 saturated carbocycles. The number of hydrogen-bond acceptors (Lipinski definition) is 7. The van der Waals surface area contributed by atoms with Gasteiger partial charge in [0, 0.05) is 29.0 Å². The molecule has 3 heterocycles. The van der Waals surface area contributed by atoms with Crippen molar-refractivity contribution in [2.45, 2.75) is 70.6 Å². The van der Waals surface area contributed by atoms with E-state index in [9.17, 15) is 9.59 Å². The summed E-state index contributed by atoms with van der Waals surface area (Å²) in [5.41, 5.74) is 2.27. The lowest BCUT2D eigenvalue weighted by Crippen LogP contribution is -2.49. The van der Waals surface area contributed by atoms with Gasteiger partial charge in [0.05, 0.1) is 6.42 Å². The van der Waals surface area contributed by atoms with E-state index in [1.54, 1.807) is 4.52 Å². The van der Waals surface area contributed by atoms with E-state index in [0.29, 0.717) is 16.6 Å². The summed E-state index contributed by atoms with van der Waals surface area (Å²) in [5.74, 6) is -0.0566. The molecule has 1 amide bonds. The van der Waals surface area contributed by atoms with Crippen molar-refractivity contribution in [2.75, 3.05) is 12.9 Å². The van der Waals surface area contributed by atoms with E-state index >= 15 is 0 Å². The van der Waals surface area contributed by atoms with E-state index in [1.807, 2.05) is 38.9 Å². The van der Waals surface area contributed by atoms with Crippen LogP contribution in [0.15, 0.2) is 5.16 Å². The zero-order chi connectivity index (χ0) is 20.4. The quantitative estimate of drug-likeness (QED) is 0.557. The summed E-state index contributed by atoms with van der Waals surface area (Å²) < 4.78 is 6.94. The highest BCUT2D eigenvalue weighted by Crippen LogP contribution is 2.22. The molecule has 0 bridgehead atoms. The van der Waals surface area contributed by atoms with Gasteiger partial charge in [0.2, 0.25) is 5.16 Å². The Balaban J connectivity index is 1.67. The minimum absolute atomic E-state index is 0.0491. The molecule has 1 saturated heterocycles.